The number of halogens is 1. The number of nitrogens with zero attached hydrogens (tertiary/aromatic N) is 2. The van der Waals surface area contributed by atoms with Crippen LogP contribution in [0.25, 0.3) is 11.4 Å². The number of aromatic amines is 1. The number of carbonyl (C=O) groups is 1. The molecule has 1 saturated heterocycles. The molecule has 1 fully saturated rings. The molecule has 1 aliphatic rings. The molecule has 1 unspecified atom stereocenters. The van der Waals surface area contributed by atoms with Gasteiger partial charge in [0.05, 0.1) is 10.8 Å². The van der Waals surface area contributed by atoms with Crippen molar-refractivity contribution in [2.45, 2.75) is 17.7 Å². The molecule has 3 aromatic rings. The minimum absolute atomic E-state index is 0.00994. The topological polar surface area (TPSA) is 125 Å². The van der Waals surface area contributed by atoms with Crippen LogP contribution in [-0.4, -0.2) is 41.9 Å². The highest BCUT2D eigenvalue weighted by molar-refractivity contribution is 7.89. The third-order valence-corrected chi connectivity index (χ3v) is 6.93. The molecule has 2 N–H and O–H groups in total. The van der Waals surface area contributed by atoms with Crippen molar-refractivity contribution >= 4 is 21.6 Å². The third kappa shape index (κ3) is 4.57. The van der Waals surface area contributed by atoms with Crippen LogP contribution < -0.4 is 11.1 Å². The number of aromatic nitrogens is 2. The van der Waals surface area contributed by atoms with Crippen LogP contribution in [-0.2, 0) is 14.8 Å². The predicted octanol–water partition coefficient (Wildman–Crippen LogP) is 2.21. The zero-order chi connectivity index (χ0) is 22.0. The van der Waals surface area contributed by atoms with Gasteiger partial charge in [0.2, 0.25) is 15.9 Å². The Kier molecular flexibility index (Phi) is 5.70. The maximum absolute atomic E-state index is 13.1. The number of hydrogen-bond donors (Lipinski definition) is 2. The smallest absolute Gasteiger partial charge is 0.326 e. The Hall–Kier alpha value is -3.31. The number of nitrogens with one attached hydrogen (secondary N) is 2. The van der Waals surface area contributed by atoms with E-state index in [4.69, 9.17) is 0 Å². The summed E-state index contributed by atoms with van der Waals surface area (Å²) in [7, 11) is -3.82. The van der Waals surface area contributed by atoms with E-state index in [2.05, 4.69) is 20.0 Å². The van der Waals surface area contributed by atoms with Gasteiger partial charge >= 0.3 is 5.76 Å². The van der Waals surface area contributed by atoms with Gasteiger partial charge in [0.25, 0.3) is 0 Å². The molecule has 31 heavy (non-hydrogen) atoms. The van der Waals surface area contributed by atoms with Crippen LogP contribution in [0.3, 0.4) is 0 Å². The van der Waals surface area contributed by atoms with Crippen LogP contribution >= 0.6 is 0 Å². The average Bonchev–Trinajstić information content (AvgIpc) is 3.21. The monoisotopic (exact) mass is 446 g/mol. The molecular weight excluding hydrogens is 427 g/mol. The molecule has 0 saturated carbocycles. The molecule has 2 aromatic carbocycles. The van der Waals surface area contributed by atoms with Crippen molar-refractivity contribution in [3.63, 3.8) is 0 Å². The number of rotatable bonds is 5. The summed E-state index contributed by atoms with van der Waals surface area (Å²) < 4.78 is 44.6. The minimum atomic E-state index is -3.82. The van der Waals surface area contributed by atoms with E-state index < -0.39 is 27.5 Å². The number of amides is 1. The Morgan fingerprint density at radius 3 is 2.71 bits per heavy atom. The highest BCUT2D eigenvalue weighted by Crippen LogP contribution is 2.26. The molecule has 9 nitrogen and oxygen atoms in total. The molecule has 0 spiro atoms. The van der Waals surface area contributed by atoms with Gasteiger partial charge in [0.15, 0.2) is 5.82 Å². The van der Waals surface area contributed by atoms with E-state index in [1.165, 1.54) is 16.4 Å². The normalized spacial score (nSPS) is 17.4. The van der Waals surface area contributed by atoms with E-state index in [1.54, 1.807) is 24.3 Å². The van der Waals surface area contributed by atoms with Crippen LogP contribution in [0.1, 0.15) is 12.8 Å². The highest BCUT2D eigenvalue weighted by Gasteiger charge is 2.33. The summed E-state index contributed by atoms with van der Waals surface area (Å²) in [5.41, 5.74) is 1.03. The van der Waals surface area contributed by atoms with Gasteiger partial charge in [-0.2, -0.15) is 4.31 Å². The van der Waals surface area contributed by atoms with Gasteiger partial charge in [-0.1, -0.05) is 17.3 Å². The van der Waals surface area contributed by atoms with Crippen molar-refractivity contribution in [1.29, 1.82) is 0 Å². The number of anilines is 1. The number of hydrogen-bond acceptors (Lipinski definition) is 6. The summed E-state index contributed by atoms with van der Waals surface area (Å²) in [6.07, 6.45) is 1.07. The molecule has 2 heterocycles. The first-order chi connectivity index (χ1) is 14.8. The number of H-pyrrole nitrogens is 1. The molecule has 162 valence electrons. The molecule has 1 aromatic heterocycles. The second kappa shape index (κ2) is 8.44. The first kappa shape index (κ1) is 20.9. The molecule has 0 bridgehead atoms. The maximum Gasteiger partial charge on any atom is 0.439 e. The average molecular weight is 446 g/mol. The third-order valence-electron chi connectivity index (χ3n) is 5.05. The second-order valence-corrected chi connectivity index (χ2v) is 9.11. The van der Waals surface area contributed by atoms with Crippen LogP contribution in [0.5, 0.6) is 0 Å². The molecule has 11 heteroatoms. The lowest BCUT2D eigenvalue weighted by Crippen LogP contribution is -2.43. The first-order valence-electron chi connectivity index (χ1n) is 9.56. The van der Waals surface area contributed by atoms with Crippen molar-refractivity contribution in [2.75, 3.05) is 18.4 Å². The van der Waals surface area contributed by atoms with Gasteiger partial charge < -0.3 is 5.32 Å². The summed E-state index contributed by atoms with van der Waals surface area (Å²) in [6.45, 7) is 0.320. The Balaban J connectivity index is 1.47. The van der Waals surface area contributed by atoms with Crippen molar-refractivity contribution in [3.8, 4) is 11.4 Å². The second-order valence-electron chi connectivity index (χ2n) is 7.17. The summed E-state index contributed by atoms with van der Waals surface area (Å²) in [5, 5.41) is 6.40. The molecule has 1 atom stereocenters. The van der Waals surface area contributed by atoms with E-state index in [9.17, 15) is 22.4 Å². The summed E-state index contributed by atoms with van der Waals surface area (Å²) in [5.74, 6) is -1.83. The van der Waals surface area contributed by atoms with Crippen molar-refractivity contribution < 1.29 is 22.1 Å². The standard InChI is InChI=1S/C20H19FN4O5S/c21-15-6-8-17(9-7-15)31(28,29)25-10-2-4-14(12-25)19(26)22-16-5-1-3-13(11-16)18-23-20(27)30-24-18/h1,3,5-9,11,14H,2,4,10,12H2,(H,22,26)(H,23,24,27). The van der Waals surface area contributed by atoms with Crippen LogP contribution in [0.15, 0.2) is 62.7 Å². The fourth-order valence-corrected chi connectivity index (χ4v) is 5.00. The van der Waals surface area contributed by atoms with Gasteiger partial charge in [-0.05, 0) is 49.2 Å². The lowest BCUT2D eigenvalue weighted by Gasteiger charge is -2.31. The van der Waals surface area contributed by atoms with E-state index in [1.807, 2.05) is 0 Å². The summed E-state index contributed by atoms with van der Waals surface area (Å²) in [6, 6.07) is 11.3. The van der Waals surface area contributed by atoms with Crippen LogP contribution in [0, 0.1) is 11.7 Å². The van der Waals surface area contributed by atoms with Gasteiger partial charge in [-0.25, -0.2) is 17.6 Å². The van der Waals surface area contributed by atoms with E-state index >= 15 is 0 Å². The van der Waals surface area contributed by atoms with E-state index in [0.717, 1.165) is 12.1 Å². The fraction of sp³-hybridized carbons (Fsp3) is 0.250. The van der Waals surface area contributed by atoms with Crippen LogP contribution in [0.4, 0.5) is 10.1 Å². The first-order valence-corrected chi connectivity index (χ1v) is 11.0. The Morgan fingerprint density at radius 1 is 1.23 bits per heavy atom. The molecular formula is C20H19FN4O5S. The van der Waals surface area contributed by atoms with E-state index in [-0.39, 0.29) is 23.2 Å². The van der Waals surface area contributed by atoms with E-state index in [0.29, 0.717) is 30.6 Å². The van der Waals surface area contributed by atoms with Crippen molar-refractivity contribution in [2.24, 2.45) is 5.92 Å². The molecule has 1 aliphatic heterocycles. The van der Waals surface area contributed by atoms with Crippen molar-refractivity contribution in [3.05, 3.63) is 64.9 Å². The quantitative estimate of drug-likeness (QED) is 0.619. The van der Waals surface area contributed by atoms with Crippen LogP contribution in [0.2, 0.25) is 0 Å². The maximum atomic E-state index is 13.1. The number of sulfonamides is 1. The highest BCUT2D eigenvalue weighted by atomic mass is 32.2. The molecule has 1 amide bonds. The Labute approximate surface area is 176 Å². The largest absolute Gasteiger partial charge is 0.439 e. The molecule has 4 rings (SSSR count). The molecule has 0 aliphatic carbocycles. The van der Waals surface area contributed by atoms with Gasteiger partial charge in [-0.3, -0.25) is 14.3 Å². The number of benzene rings is 2. The number of piperidine rings is 1. The van der Waals surface area contributed by atoms with Gasteiger partial charge in [0.1, 0.15) is 5.82 Å². The predicted molar refractivity (Wildman–Crippen MR) is 109 cm³/mol. The summed E-state index contributed by atoms with van der Waals surface area (Å²) >= 11 is 0. The zero-order valence-corrected chi connectivity index (χ0v) is 17.1. The Bertz CT molecular complexity index is 1250. The Morgan fingerprint density at radius 2 is 2.00 bits per heavy atom. The van der Waals surface area contributed by atoms with Crippen molar-refractivity contribution in [1.82, 2.24) is 14.4 Å². The zero-order valence-electron chi connectivity index (χ0n) is 16.2. The SMILES string of the molecule is O=C(Nc1cccc(-c2noc(=O)[nH]2)c1)C1CCCN(S(=O)(=O)c2ccc(F)cc2)C1. The summed E-state index contributed by atoms with van der Waals surface area (Å²) in [4.78, 5) is 26.4. The lowest BCUT2D eigenvalue weighted by atomic mass is 9.98. The molecule has 0 radical (unpaired) electrons. The lowest BCUT2D eigenvalue weighted by molar-refractivity contribution is -0.120. The number of carbonyl (C=O) groups excluding carboxylic acids is 1. The van der Waals surface area contributed by atoms with Gasteiger partial charge in [0, 0.05) is 24.3 Å². The fourth-order valence-electron chi connectivity index (χ4n) is 3.47. The minimum Gasteiger partial charge on any atom is -0.326 e. The van der Waals surface area contributed by atoms with Gasteiger partial charge in [-0.15, -0.1) is 0 Å².